The molecule has 0 aliphatic rings. The number of methoxy groups -OCH3 is 1. The molecule has 0 aliphatic carbocycles. The number of hydrogen-bond acceptors (Lipinski definition) is 4. The smallest absolute Gasteiger partial charge is 0.148 e. The fourth-order valence-corrected chi connectivity index (χ4v) is 2.54. The molecule has 5 heteroatoms. The van der Waals surface area contributed by atoms with Crippen LogP contribution in [-0.4, -0.2) is 45.7 Å². The van der Waals surface area contributed by atoms with Gasteiger partial charge in [-0.25, -0.2) is 8.42 Å². The molecule has 0 spiro atoms. The predicted octanol–water partition coefficient (Wildman–Crippen LogP) is 1.21. The maximum Gasteiger partial charge on any atom is 0.148 e. The molecule has 0 aromatic rings. The zero-order valence-electron chi connectivity index (χ0n) is 11.0. The average Bonchev–Trinajstić information content (AvgIpc) is 2.13. The van der Waals surface area contributed by atoms with Gasteiger partial charge in [0, 0.05) is 19.4 Å². The lowest BCUT2D eigenvalue weighted by Gasteiger charge is -2.26. The van der Waals surface area contributed by atoms with Crippen molar-refractivity contribution in [1.29, 1.82) is 0 Å². The van der Waals surface area contributed by atoms with Crippen molar-refractivity contribution in [1.82, 2.24) is 5.32 Å². The molecule has 0 fully saturated rings. The highest BCUT2D eigenvalue weighted by molar-refractivity contribution is 7.90. The van der Waals surface area contributed by atoms with Gasteiger partial charge < -0.3 is 10.1 Å². The van der Waals surface area contributed by atoms with E-state index in [2.05, 4.69) is 5.32 Å². The van der Waals surface area contributed by atoms with Crippen molar-refractivity contribution < 1.29 is 13.2 Å². The summed E-state index contributed by atoms with van der Waals surface area (Å²) in [4.78, 5) is 0. The van der Waals surface area contributed by atoms with Gasteiger partial charge in [0.05, 0.1) is 11.4 Å². The maximum atomic E-state index is 11.2. The molecule has 4 nitrogen and oxygen atoms in total. The summed E-state index contributed by atoms with van der Waals surface area (Å²) in [7, 11) is -1.24. The zero-order chi connectivity index (χ0) is 12.8. The molecule has 0 radical (unpaired) electrons. The van der Waals surface area contributed by atoms with Crippen LogP contribution in [0.5, 0.6) is 0 Å². The monoisotopic (exact) mass is 251 g/mol. The summed E-state index contributed by atoms with van der Waals surface area (Å²) in [5, 5.41) is 3.20. The highest BCUT2D eigenvalue weighted by Gasteiger charge is 2.21. The van der Waals surface area contributed by atoms with Crippen LogP contribution in [-0.2, 0) is 14.6 Å². The van der Waals surface area contributed by atoms with Gasteiger partial charge in [0.1, 0.15) is 9.84 Å². The molecule has 0 saturated heterocycles. The van der Waals surface area contributed by atoms with E-state index in [0.29, 0.717) is 0 Å². The Labute approximate surface area is 99.7 Å². The quantitative estimate of drug-likeness (QED) is 0.704. The Morgan fingerprint density at radius 2 is 1.94 bits per heavy atom. The van der Waals surface area contributed by atoms with E-state index >= 15 is 0 Å². The largest absolute Gasteiger partial charge is 0.379 e. The molecule has 0 amide bonds. The van der Waals surface area contributed by atoms with E-state index in [1.165, 1.54) is 6.26 Å². The van der Waals surface area contributed by atoms with E-state index in [-0.39, 0.29) is 17.4 Å². The highest BCUT2D eigenvalue weighted by Crippen LogP contribution is 2.17. The Morgan fingerprint density at radius 1 is 1.38 bits per heavy atom. The van der Waals surface area contributed by atoms with Crippen LogP contribution in [0, 0.1) is 0 Å². The Kier molecular flexibility index (Phi) is 6.51. The van der Waals surface area contributed by atoms with Gasteiger partial charge in [0.15, 0.2) is 0 Å². The summed E-state index contributed by atoms with van der Waals surface area (Å²) in [5.74, 6) is 0.195. The number of nitrogens with one attached hydrogen (secondary N) is 1. The molecule has 16 heavy (non-hydrogen) atoms. The van der Waals surface area contributed by atoms with Gasteiger partial charge in [-0.2, -0.15) is 0 Å². The maximum absolute atomic E-state index is 11.2. The lowest BCUT2D eigenvalue weighted by molar-refractivity contribution is 0.0122. The first-order valence-electron chi connectivity index (χ1n) is 5.66. The number of rotatable bonds is 8. The average molecular weight is 251 g/mol. The fourth-order valence-electron chi connectivity index (χ4n) is 1.52. The van der Waals surface area contributed by atoms with Crippen molar-refractivity contribution >= 4 is 9.84 Å². The summed E-state index contributed by atoms with van der Waals surface area (Å²) in [6.07, 6.45) is 2.93. The van der Waals surface area contributed by atoms with E-state index in [1.807, 2.05) is 20.8 Å². The first-order chi connectivity index (χ1) is 7.20. The van der Waals surface area contributed by atoms with Gasteiger partial charge in [-0.3, -0.25) is 0 Å². The van der Waals surface area contributed by atoms with E-state index in [1.54, 1.807) is 7.11 Å². The van der Waals surface area contributed by atoms with Gasteiger partial charge in [-0.05, 0) is 33.2 Å². The van der Waals surface area contributed by atoms with E-state index < -0.39 is 9.84 Å². The van der Waals surface area contributed by atoms with Gasteiger partial charge in [-0.15, -0.1) is 0 Å². The van der Waals surface area contributed by atoms with E-state index in [9.17, 15) is 8.42 Å². The normalized spacial score (nSPS) is 15.1. The van der Waals surface area contributed by atoms with E-state index in [0.717, 1.165) is 19.4 Å². The lowest BCUT2D eigenvalue weighted by Crippen LogP contribution is -2.37. The van der Waals surface area contributed by atoms with Crippen molar-refractivity contribution in [2.24, 2.45) is 0 Å². The molecule has 98 valence electrons. The first-order valence-corrected chi connectivity index (χ1v) is 7.72. The second-order valence-electron chi connectivity index (χ2n) is 4.85. The molecule has 0 rings (SSSR count). The second-order valence-corrected chi connectivity index (χ2v) is 7.03. The van der Waals surface area contributed by atoms with Crippen LogP contribution >= 0.6 is 0 Å². The Bertz CT molecular complexity index is 286. The van der Waals surface area contributed by atoms with Crippen LogP contribution in [0.4, 0.5) is 0 Å². The van der Waals surface area contributed by atoms with Gasteiger partial charge in [-0.1, -0.05) is 6.92 Å². The van der Waals surface area contributed by atoms with Crippen LogP contribution in [0.1, 0.15) is 33.6 Å². The molecule has 1 atom stereocenters. The Balaban J connectivity index is 4.24. The molecule has 0 saturated carbocycles. The van der Waals surface area contributed by atoms with Crippen molar-refractivity contribution in [2.75, 3.05) is 25.7 Å². The van der Waals surface area contributed by atoms with Gasteiger partial charge in [0.25, 0.3) is 0 Å². The standard InChI is InChI=1S/C11H25NO3S/c1-6-12-10(9-16(5,13)14)7-8-11(2,3)15-4/h10,12H,6-9H2,1-5H3. The second kappa shape index (κ2) is 6.57. The number of hydrogen-bond donors (Lipinski definition) is 1. The molecule has 0 aromatic heterocycles. The predicted molar refractivity (Wildman–Crippen MR) is 67.5 cm³/mol. The topological polar surface area (TPSA) is 55.4 Å². The van der Waals surface area contributed by atoms with Gasteiger partial charge >= 0.3 is 0 Å². The van der Waals surface area contributed by atoms with Crippen LogP contribution in [0.15, 0.2) is 0 Å². The molecular formula is C11H25NO3S. The fraction of sp³-hybridized carbons (Fsp3) is 1.00. The SMILES string of the molecule is CCNC(CCC(C)(C)OC)CS(C)(=O)=O. The molecule has 0 aliphatic heterocycles. The summed E-state index contributed by atoms with van der Waals surface area (Å²) in [6.45, 7) is 6.79. The van der Waals surface area contributed by atoms with Crippen molar-refractivity contribution in [3.8, 4) is 0 Å². The summed E-state index contributed by atoms with van der Waals surface area (Å²) >= 11 is 0. The minimum absolute atomic E-state index is 0.0226. The Morgan fingerprint density at radius 3 is 2.31 bits per heavy atom. The number of ether oxygens (including phenoxy) is 1. The third kappa shape index (κ3) is 8.07. The molecular weight excluding hydrogens is 226 g/mol. The molecule has 0 bridgehead atoms. The summed E-state index contributed by atoms with van der Waals surface area (Å²) < 4.78 is 27.8. The molecule has 1 N–H and O–H groups in total. The molecule has 1 unspecified atom stereocenters. The third-order valence-corrected chi connectivity index (χ3v) is 3.65. The van der Waals surface area contributed by atoms with Crippen LogP contribution in [0.25, 0.3) is 0 Å². The van der Waals surface area contributed by atoms with Crippen LogP contribution < -0.4 is 5.32 Å². The highest BCUT2D eigenvalue weighted by atomic mass is 32.2. The van der Waals surface area contributed by atoms with Gasteiger partial charge in [0.2, 0.25) is 0 Å². The molecule has 0 heterocycles. The first kappa shape index (κ1) is 15.9. The van der Waals surface area contributed by atoms with Crippen LogP contribution in [0.2, 0.25) is 0 Å². The summed E-state index contributed by atoms with van der Waals surface area (Å²) in [5.41, 5.74) is -0.189. The Hall–Kier alpha value is -0.130. The van der Waals surface area contributed by atoms with E-state index in [4.69, 9.17) is 4.74 Å². The minimum Gasteiger partial charge on any atom is -0.379 e. The minimum atomic E-state index is -2.92. The molecule has 0 aromatic carbocycles. The number of sulfone groups is 1. The van der Waals surface area contributed by atoms with Crippen molar-refractivity contribution in [3.05, 3.63) is 0 Å². The van der Waals surface area contributed by atoms with Crippen molar-refractivity contribution in [2.45, 2.75) is 45.3 Å². The zero-order valence-corrected chi connectivity index (χ0v) is 11.9. The lowest BCUT2D eigenvalue weighted by atomic mass is 9.99. The van der Waals surface area contributed by atoms with Crippen LogP contribution in [0.3, 0.4) is 0 Å². The summed E-state index contributed by atoms with van der Waals surface area (Å²) in [6, 6.07) is 0.0226. The third-order valence-electron chi connectivity index (χ3n) is 2.64. The van der Waals surface area contributed by atoms with Crippen molar-refractivity contribution in [3.63, 3.8) is 0 Å².